The SMILES string of the molecule is CCCOc1cc(Br)c(C(=O)O)cc1OC. The molecule has 4 nitrogen and oxygen atoms in total. The van der Waals surface area contributed by atoms with Gasteiger partial charge in [-0.15, -0.1) is 0 Å². The molecule has 88 valence electrons. The van der Waals surface area contributed by atoms with E-state index in [1.807, 2.05) is 6.92 Å². The zero-order valence-electron chi connectivity index (χ0n) is 9.12. The van der Waals surface area contributed by atoms with Gasteiger partial charge in [-0.25, -0.2) is 4.79 Å². The van der Waals surface area contributed by atoms with Gasteiger partial charge in [0.15, 0.2) is 11.5 Å². The van der Waals surface area contributed by atoms with Gasteiger partial charge in [0, 0.05) is 4.47 Å². The zero-order chi connectivity index (χ0) is 12.1. The number of benzene rings is 1. The fourth-order valence-corrected chi connectivity index (χ4v) is 1.68. The molecule has 0 radical (unpaired) electrons. The lowest BCUT2D eigenvalue weighted by molar-refractivity contribution is 0.0695. The molecule has 0 unspecified atom stereocenters. The van der Waals surface area contributed by atoms with E-state index in [9.17, 15) is 4.79 Å². The van der Waals surface area contributed by atoms with Crippen LogP contribution in [0.1, 0.15) is 23.7 Å². The Morgan fingerprint density at radius 1 is 1.44 bits per heavy atom. The van der Waals surface area contributed by atoms with Crippen molar-refractivity contribution < 1.29 is 19.4 Å². The van der Waals surface area contributed by atoms with Crippen LogP contribution < -0.4 is 9.47 Å². The molecule has 1 aromatic rings. The molecule has 0 fully saturated rings. The second kappa shape index (κ2) is 5.75. The van der Waals surface area contributed by atoms with Crippen LogP contribution in [-0.2, 0) is 0 Å². The molecule has 1 aromatic carbocycles. The fourth-order valence-electron chi connectivity index (χ4n) is 1.18. The molecule has 0 saturated heterocycles. The molecule has 0 bridgehead atoms. The van der Waals surface area contributed by atoms with Gasteiger partial charge >= 0.3 is 5.97 Å². The number of carboxylic acid groups (broad SMARTS) is 1. The monoisotopic (exact) mass is 288 g/mol. The van der Waals surface area contributed by atoms with Gasteiger partial charge in [0.1, 0.15) is 0 Å². The Hall–Kier alpha value is -1.23. The molecule has 0 spiro atoms. The third-order valence-electron chi connectivity index (χ3n) is 1.95. The average molecular weight is 289 g/mol. The number of ether oxygens (including phenoxy) is 2. The first-order valence-corrected chi connectivity index (χ1v) is 5.63. The van der Waals surface area contributed by atoms with E-state index in [1.165, 1.54) is 13.2 Å². The summed E-state index contributed by atoms with van der Waals surface area (Å²) in [5, 5.41) is 8.93. The van der Waals surface area contributed by atoms with Crippen LogP contribution in [-0.4, -0.2) is 24.8 Å². The molecule has 0 aliphatic rings. The fraction of sp³-hybridized carbons (Fsp3) is 0.364. The minimum Gasteiger partial charge on any atom is -0.493 e. The minimum atomic E-state index is -1.01. The lowest BCUT2D eigenvalue weighted by Gasteiger charge is -2.11. The largest absolute Gasteiger partial charge is 0.493 e. The standard InChI is InChI=1S/C11H13BrO4/c1-3-4-16-10-6-8(12)7(11(13)14)5-9(10)15-2/h5-6H,3-4H2,1-2H3,(H,13,14). The second-order valence-corrected chi connectivity index (χ2v) is 3.99. The predicted molar refractivity (Wildman–Crippen MR) is 63.4 cm³/mol. The normalized spacial score (nSPS) is 9.94. The van der Waals surface area contributed by atoms with E-state index in [4.69, 9.17) is 14.6 Å². The number of aromatic carboxylic acids is 1. The Morgan fingerprint density at radius 2 is 2.12 bits per heavy atom. The summed E-state index contributed by atoms with van der Waals surface area (Å²) in [6.45, 7) is 2.56. The summed E-state index contributed by atoms with van der Waals surface area (Å²) >= 11 is 3.19. The van der Waals surface area contributed by atoms with Crippen molar-refractivity contribution in [3.05, 3.63) is 22.2 Å². The first-order chi connectivity index (χ1) is 7.60. The molecule has 0 aliphatic heterocycles. The van der Waals surface area contributed by atoms with E-state index in [-0.39, 0.29) is 5.56 Å². The van der Waals surface area contributed by atoms with Crippen LogP contribution in [0.3, 0.4) is 0 Å². The summed E-state index contributed by atoms with van der Waals surface area (Å²) < 4.78 is 11.0. The molecule has 0 aromatic heterocycles. The van der Waals surface area contributed by atoms with Crippen molar-refractivity contribution in [2.75, 3.05) is 13.7 Å². The third-order valence-corrected chi connectivity index (χ3v) is 2.60. The van der Waals surface area contributed by atoms with Crippen molar-refractivity contribution >= 4 is 21.9 Å². The number of rotatable bonds is 5. The predicted octanol–water partition coefficient (Wildman–Crippen LogP) is 2.94. The van der Waals surface area contributed by atoms with E-state index in [2.05, 4.69) is 15.9 Å². The molecular formula is C11H13BrO4. The highest BCUT2D eigenvalue weighted by Crippen LogP contribution is 2.33. The van der Waals surface area contributed by atoms with Crippen molar-refractivity contribution in [2.24, 2.45) is 0 Å². The summed E-state index contributed by atoms with van der Waals surface area (Å²) in [6, 6.07) is 3.05. The molecule has 1 N–H and O–H groups in total. The van der Waals surface area contributed by atoms with Gasteiger partial charge in [-0.1, -0.05) is 6.92 Å². The molecule has 0 saturated carbocycles. The van der Waals surface area contributed by atoms with Gasteiger partial charge in [-0.2, -0.15) is 0 Å². The van der Waals surface area contributed by atoms with Crippen LogP contribution in [0.5, 0.6) is 11.5 Å². The highest BCUT2D eigenvalue weighted by molar-refractivity contribution is 9.10. The Balaban J connectivity index is 3.10. The maximum atomic E-state index is 10.9. The molecule has 5 heteroatoms. The Morgan fingerprint density at radius 3 is 2.62 bits per heavy atom. The maximum absolute atomic E-state index is 10.9. The van der Waals surface area contributed by atoms with Gasteiger partial charge in [0.05, 0.1) is 19.3 Å². The summed E-state index contributed by atoms with van der Waals surface area (Å²) in [6.07, 6.45) is 0.876. The second-order valence-electron chi connectivity index (χ2n) is 3.14. The maximum Gasteiger partial charge on any atom is 0.336 e. The number of halogens is 1. The minimum absolute atomic E-state index is 0.153. The van der Waals surface area contributed by atoms with Gasteiger partial charge in [0.2, 0.25) is 0 Å². The van der Waals surface area contributed by atoms with E-state index in [1.54, 1.807) is 6.07 Å². The van der Waals surface area contributed by atoms with Crippen molar-refractivity contribution in [3.63, 3.8) is 0 Å². The Labute approximate surface area is 102 Å². The van der Waals surface area contributed by atoms with Crippen LogP contribution in [0.25, 0.3) is 0 Å². The van der Waals surface area contributed by atoms with Crippen molar-refractivity contribution in [1.29, 1.82) is 0 Å². The molecule has 0 heterocycles. The number of carboxylic acids is 1. The van der Waals surface area contributed by atoms with Gasteiger partial charge in [0.25, 0.3) is 0 Å². The van der Waals surface area contributed by atoms with E-state index < -0.39 is 5.97 Å². The van der Waals surface area contributed by atoms with Crippen LogP contribution in [0.4, 0.5) is 0 Å². The third kappa shape index (κ3) is 2.88. The highest BCUT2D eigenvalue weighted by Gasteiger charge is 2.14. The lowest BCUT2D eigenvalue weighted by atomic mass is 10.2. The summed E-state index contributed by atoms with van der Waals surface area (Å²) in [4.78, 5) is 10.9. The molecule has 0 aliphatic carbocycles. The van der Waals surface area contributed by atoms with Crippen molar-refractivity contribution in [3.8, 4) is 11.5 Å². The number of carbonyl (C=O) groups is 1. The summed E-state index contributed by atoms with van der Waals surface area (Å²) in [7, 11) is 1.48. The topological polar surface area (TPSA) is 55.8 Å². The quantitative estimate of drug-likeness (QED) is 0.905. The molecule has 0 amide bonds. The summed E-state index contributed by atoms with van der Waals surface area (Å²) in [5.74, 6) is -0.0394. The van der Waals surface area contributed by atoms with Crippen LogP contribution in [0, 0.1) is 0 Å². The van der Waals surface area contributed by atoms with E-state index >= 15 is 0 Å². The van der Waals surface area contributed by atoms with E-state index in [0.29, 0.717) is 22.6 Å². The van der Waals surface area contributed by atoms with Crippen LogP contribution in [0.15, 0.2) is 16.6 Å². The zero-order valence-corrected chi connectivity index (χ0v) is 10.7. The van der Waals surface area contributed by atoms with Crippen molar-refractivity contribution in [2.45, 2.75) is 13.3 Å². The summed E-state index contributed by atoms with van der Waals surface area (Å²) in [5.41, 5.74) is 0.153. The van der Waals surface area contributed by atoms with Crippen LogP contribution in [0.2, 0.25) is 0 Å². The average Bonchev–Trinajstić information content (AvgIpc) is 2.25. The Bertz CT molecular complexity index is 390. The van der Waals surface area contributed by atoms with Gasteiger partial charge in [-0.05, 0) is 34.5 Å². The molecule has 0 atom stereocenters. The Kier molecular flexibility index (Phi) is 4.61. The lowest BCUT2D eigenvalue weighted by Crippen LogP contribution is -2.02. The van der Waals surface area contributed by atoms with E-state index in [0.717, 1.165) is 6.42 Å². The first-order valence-electron chi connectivity index (χ1n) is 4.83. The number of hydrogen-bond acceptors (Lipinski definition) is 3. The molecule has 16 heavy (non-hydrogen) atoms. The number of methoxy groups -OCH3 is 1. The molecular weight excluding hydrogens is 276 g/mol. The highest BCUT2D eigenvalue weighted by atomic mass is 79.9. The van der Waals surface area contributed by atoms with Gasteiger partial charge in [-0.3, -0.25) is 0 Å². The van der Waals surface area contributed by atoms with Crippen molar-refractivity contribution in [1.82, 2.24) is 0 Å². The first kappa shape index (κ1) is 12.8. The number of hydrogen-bond donors (Lipinski definition) is 1. The molecule has 1 rings (SSSR count). The van der Waals surface area contributed by atoms with Crippen LogP contribution >= 0.6 is 15.9 Å². The van der Waals surface area contributed by atoms with Gasteiger partial charge < -0.3 is 14.6 Å². The smallest absolute Gasteiger partial charge is 0.336 e.